The lowest BCUT2D eigenvalue weighted by atomic mass is 9.77. The van der Waals surface area contributed by atoms with E-state index >= 15 is 0 Å². The van der Waals surface area contributed by atoms with Crippen molar-refractivity contribution in [3.05, 3.63) is 29.3 Å². The van der Waals surface area contributed by atoms with Crippen molar-refractivity contribution in [2.24, 2.45) is 0 Å². The third-order valence-electron chi connectivity index (χ3n) is 3.95. The van der Waals surface area contributed by atoms with Gasteiger partial charge in [0.15, 0.2) is 0 Å². The minimum Gasteiger partial charge on any atom is -0.497 e. The van der Waals surface area contributed by atoms with Gasteiger partial charge in [-0.15, -0.1) is 0 Å². The Morgan fingerprint density at radius 2 is 2.25 bits per heavy atom. The van der Waals surface area contributed by atoms with Gasteiger partial charge in [-0.05, 0) is 56.6 Å². The van der Waals surface area contributed by atoms with Crippen LogP contribution in [0, 0.1) is 11.3 Å². The van der Waals surface area contributed by atoms with Crippen molar-refractivity contribution in [2.45, 2.75) is 24.8 Å². The number of methoxy groups -OCH3 is 1. The molecular weight excluding hydrogens is 250 g/mol. The first-order valence-electron chi connectivity index (χ1n) is 7.10. The van der Waals surface area contributed by atoms with Crippen molar-refractivity contribution in [3.63, 3.8) is 0 Å². The summed E-state index contributed by atoms with van der Waals surface area (Å²) >= 11 is 0. The van der Waals surface area contributed by atoms with E-state index in [1.165, 1.54) is 5.56 Å². The molecule has 2 rings (SSSR count). The van der Waals surface area contributed by atoms with Crippen LogP contribution in [0.15, 0.2) is 18.2 Å². The van der Waals surface area contributed by atoms with Crippen molar-refractivity contribution in [1.82, 2.24) is 10.2 Å². The summed E-state index contributed by atoms with van der Waals surface area (Å²) in [6.45, 7) is 1.74. The summed E-state index contributed by atoms with van der Waals surface area (Å²) < 4.78 is 5.28. The number of nitriles is 1. The summed E-state index contributed by atoms with van der Waals surface area (Å²) in [5.74, 6) is 0.866. The number of nitrogens with zero attached hydrogens (tertiary/aromatic N) is 2. The Kier molecular flexibility index (Phi) is 4.64. The van der Waals surface area contributed by atoms with Crippen LogP contribution in [0.4, 0.5) is 0 Å². The molecule has 0 aliphatic heterocycles. The molecule has 0 bridgehead atoms. The second-order valence-corrected chi connectivity index (χ2v) is 5.62. The zero-order valence-corrected chi connectivity index (χ0v) is 12.6. The van der Waals surface area contributed by atoms with Crippen LogP contribution in [-0.4, -0.2) is 39.2 Å². The van der Waals surface area contributed by atoms with Gasteiger partial charge in [0.2, 0.25) is 0 Å². The lowest BCUT2D eigenvalue weighted by molar-refractivity contribution is 0.327. The van der Waals surface area contributed by atoms with Crippen LogP contribution < -0.4 is 10.1 Å². The van der Waals surface area contributed by atoms with Crippen LogP contribution in [0.3, 0.4) is 0 Å². The molecule has 4 heteroatoms. The summed E-state index contributed by atoms with van der Waals surface area (Å²) in [6, 6.07) is 8.57. The highest BCUT2D eigenvalue weighted by Crippen LogP contribution is 2.36. The largest absolute Gasteiger partial charge is 0.497 e. The first-order chi connectivity index (χ1) is 9.61. The Bertz CT molecular complexity index is 507. The normalized spacial score (nSPS) is 21.4. The van der Waals surface area contributed by atoms with Crippen LogP contribution in [0.1, 0.15) is 24.0 Å². The van der Waals surface area contributed by atoms with E-state index < -0.39 is 5.54 Å². The van der Waals surface area contributed by atoms with Gasteiger partial charge < -0.3 is 9.64 Å². The molecule has 0 saturated carbocycles. The van der Waals surface area contributed by atoms with E-state index in [-0.39, 0.29) is 0 Å². The minimum absolute atomic E-state index is 0.546. The number of ether oxygens (including phenoxy) is 1. The van der Waals surface area contributed by atoms with Crippen LogP contribution in [-0.2, 0) is 12.0 Å². The second-order valence-electron chi connectivity index (χ2n) is 5.62. The molecule has 0 amide bonds. The number of likely N-dealkylation sites (N-methyl/N-ethyl adjacent to an activating group) is 1. The molecule has 0 radical (unpaired) electrons. The van der Waals surface area contributed by atoms with E-state index in [9.17, 15) is 5.26 Å². The molecule has 1 atom stereocenters. The number of fused-ring (bicyclic) bond motifs is 1. The molecule has 0 fully saturated rings. The topological polar surface area (TPSA) is 48.3 Å². The van der Waals surface area contributed by atoms with Crippen molar-refractivity contribution >= 4 is 0 Å². The van der Waals surface area contributed by atoms with Crippen LogP contribution >= 0.6 is 0 Å². The van der Waals surface area contributed by atoms with E-state index in [1.54, 1.807) is 7.11 Å². The fourth-order valence-corrected chi connectivity index (χ4v) is 2.83. The molecule has 0 heterocycles. The molecule has 1 aliphatic rings. The van der Waals surface area contributed by atoms with Gasteiger partial charge in [-0.3, -0.25) is 5.32 Å². The third kappa shape index (κ3) is 2.95. The number of hydrogen-bond donors (Lipinski definition) is 1. The van der Waals surface area contributed by atoms with Crippen molar-refractivity contribution in [2.75, 3.05) is 34.3 Å². The van der Waals surface area contributed by atoms with Gasteiger partial charge in [0.25, 0.3) is 0 Å². The molecule has 1 N–H and O–H groups in total. The highest BCUT2D eigenvalue weighted by molar-refractivity contribution is 5.45. The Hall–Kier alpha value is -1.57. The van der Waals surface area contributed by atoms with Crippen LogP contribution in [0.5, 0.6) is 5.75 Å². The van der Waals surface area contributed by atoms with Crippen LogP contribution in [0.2, 0.25) is 0 Å². The fraction of sp³-hybridized carbons (Fsp3) is 0.562. The molecule has 4 nitrogen and oxygen atoms in total. The summed E-state index contributed by atoms with van der Waals surface area (Å²) in [4.78, 5) is 2.12. The molecule has 1 unspecified atom stereocenters. The molecule has 0 spiro atoms. The summed E-state index contributed by atoms with van der Waals surface area (Å²) in [7, 11) is 5.76. The third-order valence-corrected chi connectivity index (χ3v) is 3.95. The van der Waals surface area contributed by atoms with Crippen LogP contribution in [0.25, 0.3) is 0 Å². The van der Waals surface area contributed by atoms with E-state index in [4.69, 9.17) is 4.74 Å². The maximum Gasteiger partial charge on any atom is 0.132 e. The van der Waals surface area contributed by atoms with Gasteiger partial charge >= 0.3 is 0 Å². The van der Waals surface area contributed by atoms with E-state index in [1.807, 2.05) is 26.2 Å². The van der Waals surface area contributed by atoms with Gasteiger partial charge in [-0.25, -0.2) is 0 Å². The maximum absolute atomic E-state index is 9.72. The van der Waals surface area contributed by atoms with E-state index in [0.717, 1.165) is 43.7 Å². The molecule has 1 aromatic carbocycles. The smallest absolute Gasteiger partial charge is 0.132 e. The van der Waals surface area contributed by atoms with Crippen molar-refractivity contribution in [3.8, 4) is 11.8 Å². The lowest BCUT2D eigenvalue weighted by Gasteiger charge is -2.34. The first kappa shape index (κ1) is 14.8. The number of benzene rings is 1. The van der Waals surface area contributed by atoms with Gasteiger partial charge in [0, 0.05) is 13.1 Å². The van der Waals surface area contributed by atoms with Crippen molar-refractivity contribution < 1.29 is 4.74 Å². The fourth-order valence-electron chi connectivity index (χ4n) is 2.83. The van der Waals surface area contributed by atoms with Gasteiger partial charge in [0.1, 0.15) is 11.3 Å². The average molecular weight is 273 g/mol. The highest BCUT2D eigenvalue weighted by Gasteiger charge is 2.36. The summed E-state index contributed by atoms with van der Waals surface area (Å²) in [6.07, 6.45) is 2.92. The second kappa shape index (κ2) is 6.25. The van der Waals surface area contributed by atoms with E-state index in [0.29, 0.717) is 0 Å². The zero-order valence-electron chi connectivity index (χ0n) is 12.6. The van der Waals surface area contributed by atoms with E-state index in [2.05, 4.69) is 22.4 Å². The molecule has 0 saturated heterocycles. The first-order valence-corrected chi connectivity index (χ1v) is 7.10. The van der Waals surface area contributed by atoms with Gasteiger partial charge in [-0.1, -0.05) is 6.07 Å². The number of hydrogen-bond acceptors (Lipinski definition) is 4. The van der Waals surface area contributed by atoms with Gasteiger partial charge in [0.05, 0.1) is 13.2 Å². The molecule has 0 aromatic heterocycles. The number of nitrogens with one attached hydrogen (secondary N) is 1. The molecule has 1 aromatic rings. The molecule has 1 aliphatic carbocycles. The average Bonchev–Trinajstić information content (AvgIpc) is 2.46. The number of rotatable bonds is 5. The Labute approximate surface area is 121 Å². The Balaban J connectivity index is 2.26. The Morgan fingerprint density at radius 1 is 1.45 bits per heavy atom. The van der Waals surface area contributed by atoms with Gasteiger partial charge in [-0.2, -0.15) is 5.26 Å². The summed E-state index contributed by atoms with van der Waals surface area (Å²) in [5.41, 5.74) is 1.80. The highest BCUT2D eigenvalue weighted by atomic mass is 16.5. The SMILES string of the molecule is COc1ccc2c(c1)CCCC2(C#N)NCCN(C)C. The molecule has 108 valence electrons. The monoisotopic (exact) mass is 273 g/mol. The quantitative estimate of drug-likeness (QED) is 0.890. The lowest BCUT2D eigenvalue weighted by Crippen LogP contribution is -2.46. The minimum atomic E-state index is -0.546. The Morgan fingerprint density at radius 3 is 2.90 bits per heavy atom. The number of aryl methyl sites for hydroxylation is 1. The molecule has 20 heavy (non-hydrogen) atoms. The zero-order chi connectivity index (χ0) is 14.6. The standard InChI is InChI=1S/C16H23N3O/c1-19(2)10-9-18-16(12-17)8-4-5-13-11-14(20-3)6-7-15(13)16/h6-7,11,18H,4-5,8-10H2,1-3H3. The summed E-state index contributed by atoms with van der Waals surface area (Å²) in [5, 5.41) is 13.2. The maximum atomic E-state index is 9.72. The predicted molar refractivity (Wildman–Crippen MR) is 79.8 cm³/mol. The van der Waals surface area contributed by atoms with Crippen molar-refractivity contribution in [1.29, 1.82) is 5.26 Å². The predicted octanol–water partition coefficient (Wildman–Crippen LogP) is 1.90. The molecular formula is C16H23N3O.